The first kappa shape index (κ1) is 17.0. The normalized spacial score (nSPS) is 36.4. The number of imide groups is 1. The van der Waals surface area contributed by atoms with Crippen LogP contribution >= 0.6 is 0 Å². The van der Waals surface area contributed by atoms with Crippen LogP contribution in [0.2, 0.25) is 0 Å². The Morgan fingerprint density at radius 1 is 1.20 bits per heavy atom. The zero-order valence-corrected chi connectivity index (χ0v) is 14.8. The molecule has 7 nitrogen and oxygen atoms in total. The van der Waals surface area contributed by atoms with Gasteiger partial charge in [-0.3, -0.25) is 19.3 Å². The number of nitrogens with zero attached hydrogens (tertiary/aromatic N) is 2. The van der Waals surface area contributed by atoms with E-state index in [1.807, 2.05) is 4.90 Å². The molecule has 0 spiro atoms. The smallest absolute Gasteiger partial charge is 0.235 e. The minimum Gasteiger partial charge on any atom is -0.373 e. The average Bonchev–Trinajstić information content (AvgIpc) is 3.37. The summed E-state index contributed by atoms with van der Waals surface area (Å²) in [4.78, 5) is 41.2. The summed E-state index contributed by atoms with van der Waals surface area (Å²) in [7, 11) is 0. The van der Waals surface area contributed by atoms with Gasteiger partial charge in [-0.25, -0.2) is 0 Å². The van der Waals surface area contributed by atoms with Gasteiger partial charge in [0.25, 0.3) is 0 Å². The highest BCUT2D eigenvalue weighted by molar-refractivity contribution is 6.06. The summed E-state index contributed by atoms with van der Waals surface area (Å²) in [6.07, 6.45) is 3.67. The monoisotopic (exact) mass is 349 g/mol. The Morgan fingerprint density at radius 3 is 2.44 bits per heavy atom. The van der Waals surface area contributed by atoms with Gasteiger partial charge in [0, 0.05) is 32.1 Å². The molecule has 7 heteroatoms. The van der Waals surface area contributed by atoms with Gasteiger partial charge in [0.15, 0.2) is 0 Å². The van der Waals surface area contributed by atoms with Crippen LogP contribution in [-0.2, 0) is 19.1 Å². The molecule has 5 atom stereocenters. The highest BCUT2D eigenvalue weighted by Gasteiger charge is 2.62. The van der Waals surface area contributed by atoms with Crippen LogP contribution in [-0.4, -0.2) is 72.0 Å². The number of likely N-dealkylation sites (tertiary alicyclic amines) is 1. The third kappa shape index (κ3) is 2.77. The van der Waals surface area contributed by atoms with E-state index >= 15 is 0 Å². The fraction of sp³-hybridized carbons (Fsp3) is 0.833. The number of amides is 3. The number of nitrogens with one attached hydrogen (secondary N) is 1. The standard InChI is InChI=1S/C18H27N3O4/c1-2-8-20(11-5-7-19-10-11)14(22)6-9-21-17(23)15-12-3-4-13(25-12)16(15)18(21)24/h11-13,15-16,19H,2-10H2,1H3. The first-order valence-corrected chi connectivity index (χ1v) is 9.62. The summed E-state index contributed by atoms with van der Waals surface area (Å²) in [5, 5.41) is 3.29. The van der Waals surface area contributed by atoms with Gasteiger partial charge in [-0.05, 0) is 32.2 Å². The summed E-state index contributed by atoms with van der Waals surface area (Å²) in [6, 6.07) is 0.237. The molecule has 4 heterocycles. The van der Waals surface area contributed by atoms with E-state index in [1.165, 1.54) is 4.90 Å². The number of fused-ring (bicyclic) bond motifs is 5. The highest BCUT2D eigenvalue weighted by Crippen LogP contribution is 2.48. The molecule has 0 radical (unpaired) electrons. The lowest BCUT2D eigenvalue weighted by Gasteiger charge is -2.29. The summed E-state index contributed by atoms with van der Waals surface area (Å²) >= 11 is 0. The number of ether oxygens (including phenoxy) is 1. The van der Waals surface area contributed by atoms with Gasteiger partial charge in [0.05, 0.1) is 24.0 Å². The minimum absolute atomic E-state index is 0.0485. The molecule has 4 aliphatic rings. The Bertz CT molecular complexity index is 547. The molecule has 138 valence electrons. The molecule has 0 aliphatic carbocycles. The third-order valence-corrected chi connectivity index (χ3v) is 6.18. The second-order valence-corrected chi connectivity index (χ2v) is 7.65. The molecular formula is C18H27N3O4. The molecule has 0 aromatic carbocycles. The van der Waals surface area contributed by atoms with Crippen LogP contribution in [0.1, 0.15) is 39.0 Å². The van der Waals surface area contributed by atoms with Gasteiger partial charge in [-0.1, -0.05) is 6.92 Å². The quantitative estimate of drug-likeness (QED) is 0.690. The molecule has 3 amide bonds. The largest absolute Gasteiger partial charge is 0.373 e. The van der Waals surface area contributed by atoms with Crippen molar-refractivity contribution in [2.24, 2.45) is 11.8 Å². The van der Waals surface area contributed by atoms with Crippen molar-refractivity contribution >= 4 is 17.7 Å². The fourth-order valence-corrected chi connectivity index (χ4v) is 5.00. The maximum Gasteiger partial charge on any atom is 0.235 e. The molecule has 5 unspecified atom stereocenters. The van der Waals surface area contributed by atoms with Crippen molar-refractivity contribution in [3.8, 4) is 0 Å². The molecule has 4 aliphatic heterocycles. The van der Waals surface area contributed by atoms with Gasteiger partial charge >= 0.3 is 0 Å². The molecule has 4 fully saturated rings. The maximum atomic E-state index is 12.7. The number of rotatable bonds is 6. The van der Waals surface area contributed by atoms with E-state index in [1.54, 1.807) is 0 Å². The predicted molar refractivity (Wildman–Crippen MR) is 89.5 cm³/mol. The summed E-state index contributed by atoms with van der Waals surface area (Å²) in [5.74, 6) is -0.800. The molecule has 2 bridgehead atoms. The molecule has 1 N–H and O–H groups in total. The Morgan fingerprint density at radius 2 is 1.88 bits per heavy atom. The van der Waals surface area contributed by atoms with Crippen LogP contribution in [0.4, 0.5) is 0 Å². The van der Waals surface area contributed by atoms with Crippen molar-refractivity contribution in [3.05, 3.63) is 0 Å². The van der Waals surface area contributed by atoms with E-state index < -0.39 is 0 Å². The maximum absolute atomic E-state index is 12.7. The average molecular weight is 349 g/mol. The molecule has 4 rings (SSSR count). The number of carbonyl (C=O) groups excluding carboxylic acids is 3. The topological polar surface area (TPSA) is 79.0 Å². The Balaban J connectivity index is 1.38. The summed E-state index contributed by atoms with van der Waals surface area (Å²) in [6.45, 7) is 4.78. The second kappa shape index (κ2) is 6.68. The van der Waals surface area contributed by atoms with E-state index in [-0.39, 0.29) is 60.8 Å². The SMILES string of the molecule is CCCN(C(=O)CCN1C(=O)C2C3CCC(O3)C2C1=O)C1CCNC1. The zero-order valence-electron chi connectivity index (χ0n) is 14.8. The van der Waals surface area contributed by atoms with Crippen LogP contribution in [0.25, 0.3) is 0 Å². The minimum atomic E-state index is -0.299. The van der Waals surface area contributed by atoms with Crippen LogP contribution in [0.3, 0.4) is 0 Å². The Labute approximate surface area is 148 Å². The van der Waals surface area contributed by atoms with Crippen LogP contribution in [0.15, 0.2) is 0 Å². The third-order valence-electron chi connectivity index (χ3n) is 6.18. The fourth-order valence-electron chi connectivity index (χ4n) is 5.00. The first-order valence-electron chi connectivity index (χ1n) is 9.62. The summed E-state index contributed by atoms with van der Waals surface area (Å²) < 4.78 is 5.74. The van der Waals surface area contributed by atoms with Crippen molar-refractivity contribution in [2.45, 2.75) is 57.3 Å². The lowest BCUT2D eigenvalue weighted by atomic mass is 9.81. The number of carbonyl (C=O) groups is 3. The summed E-state index contributed by atoms with van der Waals surface area (Å²) in [5.41, 5.74) is 0. The van der Waals surface area contributed by atoms with Crippen LogP contribution in [0, 0.1) is 11.8 Å². The van der Waals surface area contributed by atoms with E-state index in [0.717, 1.165) is 45.3 Å². The van der Waals surface area contributed by atoms with Crippen molar-refractivity contribution in [1.29, 1.82) is 0 Å². The van der Waals surface area contributed by atoms with Crippen LogP contribution < -0.4 is 5.32 Å². The van der Waals surface area contributed by atoms with E-state index in [0.29, 0.717) is 0 Å². The molecule has 25 heavy (non-hydrogen) atoms. The molecule has 0 aromatic rings. The number of hydrogen-bond donors (Lipinski definition) is 1. The van der Waals surface area contributed by atoms with Crippen molar-refractivity contribution in [3.63, 3.8) is 0 Å². The molecule has 4 saturated heterocycles. The van der Waals surface area contributed by atoms with Crippen LogP contribution in [0.5, 0.6) is 0 Å². The zero-order chi connectivity index (χ0) is 17.6. The van der Waals surface area contributed by atoms with Crippen molar-refractivity contribution < 1.29 is 19.1 Å². The lowest BCUT2D eigenvalue weighted by Crippen LogP contribution is -2.44. The number of hydrogen-bond acceptors (Lipinski definition) is 5. The van der Waals surface area contributed by atoms with Gasteiger partial charge in [-0.2, -0.15) is 0 Å². The van der Waals surface area contributed by atoms with Crippen molar-refractivity contribution in [2.75, 3.05) is 26.2 Å². The highest BCUT2D eigenvalue weighted by atomic mass is 16.5. The Hall–Kier alpha value is -1.47. The molecule has 0 aromatic heterocycles. The lowest BCUT2D eigenvalue weighted by molar-refractivity contribution is -0.143. The van der Waals surface area contributed by atoms with E-state index in [4.69, 9.17) is 4.74 Å². The van der Waals surface area contributed by atoms with Crippen molar-refractivity contribution in [1.82, 2.24) is 15.1 Å². The Kier molecular flexibility index (Phi) is 4.54. The van der Waals surface area contributed by atoms with Gasteiger partial charge < -0.3 is 15.0 Å². The molecular weight excluding hydrogens is 322 g/mol. The van der Waals surface area contributed by atoms with E-state index in [2.05, 4.69) is 12.2 Å². The van der Waals surface area contributed by atoms with E-state index in [9.17, 15) is 14.4 Å². The first-order chi connectivity index (χ1) is 12.1. The van der Waals surface area contributed by atoms with Gasteiger partial charge in [0.2, 0.25) is 17.7 Å². The van der Waals surface area contributed by atoms with Gasteiger partial charge in [0.1, 0.15) is 0 Å². The molecule has 0 saturated carbocycles. The second-order valence-electron chi connectivity index (χ2n) is 7.65. The van der Waals surface area contributed by atoms with Gasteiger partial charge in [-0.15, -0.1) is 0 Å². The predicted octanol–water partition coefficient (Wildman–Crippen LogP) is 0.139.